The summed E-state index contributed by atoms with van der Waals surface area (Å²) >= 11 is 5.99. The normalized spacial score (nSPS) is 10.0. The van der Waals surface area contributed by atoms with Crippen LogP contribution in [0.15, 0.2) is 48.5 Å². The number of hydrogen-bond acceptors (Lipinski definition) is 5. The van der Waals surface area contributed by atoms with E-state index in [0.29, 0.717) is 16.3 Å². The predicted molar refractivity (Wildman–Crippen MR) is 99.6 cm³/mol. The van der Waals surface area contributed by atoms with Gasteiger partial charge in [-0.25, -0.2) is 0 Å². The molecule has 0 radical (unpaired) electrons. The third-order valence-electron chi connectivity index (χ3n) is 3.52. The van der Waals surface area contributed by atoms with Crippen molar-refractivity contribution in [2.75, 3.05) is 20.3 Å². The van der Waals surface area contributed by atoms with Gasteiger partial charge in [0, 0.05) is 17.1 Å². The molecular formula is C19H19ClN2O5. The van der Waals surface area contributed by atoms with E-state index in [9.17, 15) is 14.4 Å². The summed E-state index contributed by atoms with van der Waals surface area (Å²) in [5, 5.41) is 5.55. The summed E-state index contributed by atoms with van der Waals surface area (Å²) in [5.74, 6) is -1.11. The molecule has 0 fully saturated rings. The number of carbonyl (C=O) groups excluding carboxylic acids is 3. The fraction of sp³-hybridized carbons (Fsp3) is 0.211. The van der Waals surface area contributed by atoms with Crippen LogP contribution in [-0.4, -0.2) is 38.0 Å². The number of nitrogens with one attached hydrogen (secondary N) is 2. The van der Waals surface area contributed by atoms with Crippen LogP contribution >= 0.6 is 11.6 Å². The maximum Gasteiger partial charge on any atom is 0.325 e. The van der Waals surface area contributed by atoms with Gasteiger partial charge in [-0.15, -0.1) is 0 Å². The first-order valence-electron chi connectivity index (χ1n) is 8.07. The Balaban J connectivity index is 1.70. The van der Waals surface area contributed by atoms with Crippen molar-refractivity contribution in [3.05, 3.63) is 64.7 Å². The summed E-state index contributed by atoms with van der Waals surface area (Å²) < 4.78 is 9.86. The number of hydrogen-bond donors (Lipinski definition) is 2. The van der Waals surface area contributed by atoms with Crippen molar-refractivity contribution in [3.8, 4) is 5.75 Å². The number of methoxy groups -OCH3 is 1. The van der Waals surface area contributed by atoms with Gasteiger partial charge in [0.1, 0.15) is 12.3 Å². The van der Waals surface area contributed by atoms with Crippen LogP contribution in [0.25, 0.3) is 0 Å². The quantitative estimate of drug-likeness (QED) is 0.672. The lowest BCUT2D eigenvalue weighted by Gasteiger charge is -2.09. The number of ether oxygens (including phenoxy) is 2. The molecule has 0 saturated carbocycles. The summed E-state index contributed by atoms with van der Waals surface area (Å²) in [6, 6.07) is 13.6. The van der Waals surface area contributed by atoms with E-state index >= 15 is 0 Å². The van der Waals surface area contributed by atoms with Crippen molar-refractivity contribution in [1.29, 1.82) is 0 Å². The number of esters is 1. The summed E-state index contributed by atoms with van der Waals surface area (Å²) in [5.41, 5.74) is 1.10. The van der Waals surface area contributed by atoms with Crippen LogP contribution < -0.4 is 15.4 Å². The number of rotatable bonds is 8. The fourth-order valence-corrected chi connectivity index (χ4v) is 2.31. The highest BCUT2D eigenvalue weighted by atomic mass is 35.5. The van der Waals surface area contributed by atoms with Crippen LogP contribution in [0.5, 0.6) is 5.75 Å². The first kappa shape index (κ1) is 20.3. The van der Waals surface area contributed by atoms with E-state index in [4.69, 9.17) is 21.1 Å². The van der Waals surface area contributed by atoms with E-state index in [1.807, 2.05) is 0 Å². The van der Waals surface area contributed by atoms with Gasteiger partial charge in [0.25, 0.3) is 11.8 Å². The van der Waals surface area contributed by atoms with Crippen LogP contribution in [-0.2, 0) is 20.9 Å². The van der Waals surface area contributed by atoms with Crippen molar-refractivity contribution in [1.82, 2.24) is 10.6 Å². The molecule has 142 valence electrons. The van der Waals surface area contributed by atoms with Gasteiger partial charge in [0.15, 0.2) is 6.61 Å². The largest absolute Gasteiger partial charge is 0.497 e. The standard InChI is InChI=1S/C19H19ClN2O5/c1-26-15-7-4-6-13(9-15)19(25)22-11-18(24)27-12-17(23)21-10-14-5-2-3-8-16(14)20/h2-9H,10-12H2,1H3,(H,21,23)(H,22,25). The summed E-state index contributed by atoms with van der Waals surface area (Å²) in [7, 11) is 1.49. The first-order chi connectivity index (χ1) is 13.0. The Bertz CT molecular complexity index is 825. The summed E-state index contributed by atoms with van der Waals surface area (Å²) in [6.45, 7) is -0.575. The lowest BCUT2D eigenvalue weighted by molar-refractivity contribution is -0.147. The van der Waals surface area contributed by atoms with Crippen molar-refractivity contribution in [2.45, 2.75) is 6.54 Å². The maximum atomic E-state index is 12.0. The SMILES string of the molecule is COc1cccc(C(=O)NCC(=O)OCC(=O)NCc2ccccc2Cl)c1. The maximum absolute atomic E-state index is 12.0. The Hall–Kier alpha value is -3.06. The molecule has 2 aromatic carbocycles. The molecule has 0 bridgehead atoms. The van der Waals surface area contributed by atoms with Crippen molar-refractivity contribution in [2.24, 2.45) is 0 Å². The molecule has 0 saturated heterocycles. The van der Waals surface area contributed by atoms with Gasteiger partial charge in [-0.2, -0.15) is 0 Å². The molecule has 0 aromatic heterocycles. The lowest BCUT2D eigenvalue weighted by atomic mass is 10.2. The van der Waals surface area contributed by atoms with Gasteiger partial charge in [0.05, 0.1) is 7.11 Å². The fourth-order valence-electron chi connectivity index (χ4n) is 2.10. The highest BCUT2D eigenvalue weighted by Gasteiger charge is 2.11. The highest BCUT2D eigenvalue weighted by molar-refractivity contribution is 6.31. The van der Waals surface area contributed by atoms with Gasteiger partial charge in [-0.1, -0.05) is 35.9 Å². The third kappa shape index (κ3) is 6.63. The van der Waals surface area contributed by atoms with Crippen LogP contribution in [0.1, 0.15) is 15.9 Å². The molecule has 0 spiro atoms. The molecule has 2 amide bonds. The topological polar surface area (TPSA) is 93.7 Å². The van der Waals surface area contributed by atoms with E-state index in [-0.39, 0.29) is 13.1 Å². The molecule has 0 atom stereocenters. The Morgan fingerprint density at radius 3 is 2.56 bits per heavy atom. The minimum Gasteiger partial charge on any atom is -0.497 e. The van der Waals surface area contributed by atoms with E-state index in [2.05, 4.69) is 10.6 Å². The molecule has 27 heavy (non-hydrogen) atoms. The number of amides is 2. The van der Waals surface area contributed by atoms with E-state index in [1.54, 1.807) is 48.5 Å². The second-order valence-electron chi connectivity index (χ2n) is 5.44. The van der Waals surface area contributed by atoms with E-state index < -0.39 is 24.4 Å². The minimum atomic E-state index is -0.723. The molecule has 2 aromatic rings. The molecule has 0 unspecified atom stereocenters. The van der Waals surface area contributed by atoms with Crippen LogP contribution in [0, 0.1) is 0 Å². The van der Waals surface area contributed by atoms with Crippen LogP contribution in [0.2, 0.25) is 5.02 Å². The highest BCUT2D eigenvalue weighted by Crippen LogP contribution is 2.14. The van der Waals surface area contributed by atoms with Gasteiger partial charge >= 0.3 is 5.97 Å². The molecule has 0 aliphatic heterocycles. The second kappa shape index (κ2) is 10.2. The Kier molecular flexibility index (Phi) is 7.63. The third-order valence-corrected chi connectivity index (χ3v) is 3.89. The van der Waals surface area contributed by atoms with Gasteiger partial charge < -0.3 is 20.1 Å². The second-order valence-corrected chi connectivity index (χ2v) is 5.85. The molecule has 7 nitrogen and oxygen atoms in total. The number of benzene rings is 2. The summed E-state index contributed by atoms with van der Waals surface area (Å²) in [6.07, 6.45) is 0. The molecule has 0 aliphatic carbocycles. The number of carbonyl (C=O) groups is 3. The van der Waals surface area contributed by atoms with Gasteiger partial charge in [-0.3, -0.25) is 14.4 Å². The average Bonchev–Trinajstić information content (AvgIpc) is 2.69. The smallest absolute Gasteiger partial charge is 0.325 e. The van der Waals surface area contributed by atoms with Crippen LogP contribution in [0.3, 0.4) is 0 Å². The zero-order chi connectivity index (χ0) is 19.6. The zero-order valence-corrected chi connectivity index (χ0v) is 15.4. The molecule has 2 N–H and O–H groups in total. The molecule has 0 aliphatic rings. The predicted octanol–water partition coefficient (Wildman–Crippen LogP) is 1.94. The molecular weight excluding hydrogens is 372 g/mol. The monoisotopic (exact) mass is 390 g/mol. The Morgan fingerprint density at radius 1 is 1.04 bits per heavy atom. The van der Waals surface area contributed by atoms with Crippen molar-refractivity contribution >= 4 is 29.4 Å². The number of halogens is 1. The van der Waals surface area contributed by atoms with Crippen molar-refractivity contribution in [3.63, 3.8) is 0 Å². The van der Waals surface area contributed by atoms with Gasteiger partial charge in [0.2, 0.25) is 0 Å². The lowest BCUT2D eigenvalue weighted by Crippen LogP contribution is -2.33. The molecule has 2 rings (SSSR count). The van der Waals surface area contributed by atoms with Crippen LogP contribution in [0.4, 0.5) is 0 Å². The van der Waals surface area contributed by atoms with Gasteiger partial charge in [-0.05, 0) is 29.8 Å². The Morgan fingerprint density at radius 2 is 1.81 bits per heavy atom. The van der Waals surface area contributed by atoms with E-state index in [0.717, 1.165) is 5.56 Å². The average molecular weight is 391 g/mol. The molecule has 0 heterocycles. The summed E-state index contributed by atoms with van der Waals surface area (Å²) in [4.78, 5) is 35.4. The van der Waals surface area contributed by atoms with Crippen molar-refractivity contribution < 1.29 is 23.9 Å². The zero-order valence-electron chi connectivity index (χ0n) is 14.7. The van der Waals surface area contributed by atoms with E-state index in [1.165, 1.54) is 7.11 Å². The Labute approximate surface area is 161 Å². The first-order valence-corrected chi connectivity index (χ1v) is 8.45. The minimum absolute atomic E-state index is 0.225. The molecule has 8 heteroatoms.